The zero-order valence-electron chi connectivity index (χ0n) is 14.4. The maximum atomic E-state index is 12.2. The number of nitrogens with zero attached hydrogens (tertiary/aromatic N) is 1. The molecule has 2 rings (SSSR count). The molecule has 1 unspecified atom stereocenters. The largest absolute Gasteiger partial charge is 0.351 e. The lowest BCUT2D eigenvalue weighted by Gasteiger charge is -2.22. The third-order valence-electron chi connectivity index (χ3n) is 3.33. The van der Waals surface area contributed by atoms with Gasteiger partial charge in [-0.2, -0.15) is 0 Å². The minimum Gasteiger partial charge on any atom is -0.351 e. The van der Waals surface area contributed by atoms with E-state index in [9.17, 15) is 4.79 Å². The summed E-state index contributed by atoms with van der Waals surface area (Å²) in [6.45, 7) is 9.88. The summed E-state index contributed by atoms with van der Waals surface area (Å²) in [5, 5.41) is 3.60. The van der Waals surface area contributed by atoms with Gasteiger partial charge in [0.15, 0.2) is 5.16 Å². The Morgan fingerprint density at radius 1 is 1.30 bits per heavy atom. The molecule has 0 saturated heterocycles. The second-order valence-corrected chi connectivity index (χ2v) is 8.10. The Morgan fingerprint density at radius 2 is 1.96 bits per heavy atom. The lowest BCUT2D eigenvalue weighted by Crippen LogP contribution is -2.44. The van der Waals surface area contributed by atoms with Crippen molar-refractivity contribution in [2.24, 2.45) is 0 Å². The smallest absolute Gasteiger partial charge is 0.233 e. The molecule has 1 aromatic heterocycles. The van der Waals surface area contributed by atoms with Crippen LogP contribution in [0.1, 0.15) is 44.6 Å². The third-order valence-corrected chi connectivity index (χ3v) is 4.32. The molecule has 1 aromatic carbocycles. The highest BCUT2D eigenvalue weighted by atomic mass is 32.2. The number of benzene rings is 1. The lowest BCUT2D eigenvalue weighted by atomic mass is 10.1. The maximum absolute atomic E-state index is 12.2. The van der Waals surface area contributed by atoms with Crippen LogP contribution >= 0.6 is 11.8 Å². The van der Waals surface area contributed by atoms with Gasteiger partial charge in [-0.25, -0.2) is 4.98 Å². The van der Waals surface area contributed by atoms with Crippen molar-refractivity contribution in [3.8, 4) is 0 Å². The third kappa shape index (κ3) is 5.43. The number of aryl methyl sites for hydroxylation is 1. The molecule has 0 radical (unpaired) electrons. The molecule has 0 aliphatic carbocycles. The Bertz CT molecular complexity index is 659. The number of hydrogen-bond donors (Lipinski definition) is 2. The SMILES string of the molecule is Cc1[nH]c(SC(C)C(=O)NC(C)(C)C)nc1Cc1ccccc1. The van der Waals surface area contributed by atoms with E-state index in [0.29, 0.717) is 0 Å². The van der Waals surface area contributed by atoms with Crippen molar-refractivity contribution in [2.45, 2.75) is 57.0 Å². The summed E-state index contributed by atoms with van der Waals surface area (Å²) in [5.74, 6) is 0.0289. The molecule has 23 heavy (non-hydrogen) atoms. The van der Waals surface area contributed by atoms with Crippen molar-refractivity contribution in [3.05, 3.63) is 47.3 Å². The quantitative estimate of drug-likeness (QED) is 0.821. The predicted molar refractivity (Wildman–Crippen MR) is 95.8 cm³/mol. The van der Waals surface area contributed by atoms with Crippen LogP contribution in [-0.2, 0) is 11.2 Å². The molecule has 0 saturated carbocycles. The molecule has 1 amide bonds. The number of aromatic nitrogens is 2. The summed E-state index contributed by atoms with van der Waals surface area (Å²) in [7, 11) is 0. The van der Waals surface area contributed by atoms with E-state index in [1.54, 1.807) is 0 Å². The number of aromatic amines is 1. The van der Waals surface area contributed by atoms with Gasteiger partial charge in [0.05, 0.1) is 10.9 Å². The first-order valence-corrected chi connectivity index (χ1v) is 8.70. The van der Waals surface area contributed by atoms with Crippen molar-refractivity contribution in [1.82, 2.24) is 15.3 Å². The van der Waals surface area contributed by atoms with Crippen molar-refractivity contribution < 1.29 is 4.79 Å². The van der Waals surface area contributed by atoms with Crippen LogP contribution in [0.4, 0.5) is 0 Å². The Balaban J connectivity index is 2.02. The highest BCUT2D eigenvalue weighted by Gasteiger charge is 2.21. The molecule has 0 bridgehead atoms. The Kier molecular flexibility index (Phi) is 5.52. The topological polar surface area (TPSA) is 57.8 Å². The lowest BCUT2D eigenvalue weighted by molar-refractivity contribution is -0.121. The number of thioether (sulfide) groups is 1. The molecule has 0 fully saturated rings. The van der Waals surface area contributed by atoms with Crippen molar-refractivity contribution >= 4 is 17.7 Å². The normalized spacial score (nSPS) is 12.9. The van der Waals surface area contributed by atoms with E-state index in [-0.39, 0.29) is 16.7 Å². The highest BCUT2D eigenvalue weighted by molar-refractivity contribution is 8.00. The zero-order valence-corrected chi connectivity index (χ0v) is 15.3. The molecule has 0 aliphatic rings. The average molecular weight is 331 g/mol. The van der Waals surface area contributed by atoms with Gasteiger partial charge in [-0.1, -0.05) is 42.1 Å². The second kappa shape index (κ2) is 7.21. The maximum Gasteiger partial charge on any atom is 0.233 e. The van der Waals surface area contributed by atoms with Gasteiger partial charge in [-0.15, -0.1) is 0 Å². The number of carbonyl (C=O) groups is 1. The summed E-state index contributed by atoms with van der Waals surface area (Å²) in [5.41, 5.74) is 3.10. The average Bonchev–Trinajstić information content (AvgIpc) is 2.78. The molecule has 0 aliphatic heterocycles. The molecular formula is C18H25N3OS. The van der Waals surface area contributed by atoms with Gasteiger partial charge in [-0.05, 0) is 40.2 Å². The summed E-state index contributed by atoms with van der Waals surface area (Å²) in [6.07, 6.45) is 0.798. The Hall–Kier alpha value is -1.75. The molecule has 124 valence electrons. The summed E-state index contributed by atoms with van der Waals surface area (Å²) >= 11 is 1.46. The van der Waals surface area contributed by atoms with E-state index < -0.39 is 0 Å². The fourth-order valence-electron chi connectivity index (χ4n) is 2.18. The molecule has 2 N–H and O–H groups in total. The van der Waals surface area contributed by atoms with Crippen molar-refractivity contribution in [2.75, 3.05) is 0 Å². The number of carbonyl (C=O) groups excluding carboxylic acids is 1. The minimum absolute atomic E-state index is 0.0289. The Labute approximate surface area is 142 Å². The monoisotopic (exact) mass is 331 g/mol. The predicted octanol–water partition coefficient (Wildman–Crippen LogP) is 3.70. The number of rotatable bonds is 5. The number of amides is 1. The van der Waals surface area contributed by atoms with E-state index in [1.807, 2.05) is 52.8 Å². The van der Waals surface area contributed by atoms with Gasteiger partial charge in [0, 0.05) is 17.7 Å². The fraction of sp³-hybridized carbons (Fsp3) is 0.444. The number of hydrogen-bond acceptors (Lipinski definition) is 3. The van der Waals surface area contributed by atoms with Crippen LogP contribution in [0, 0.1) is 6.92 Å². The second-order valence-electron chi connectivity index (χ2n) is 6.78. The van der Waals surface area contributed by atoms with Gasteiger partial charge in [0.1, 0.15) is 0 Å². The fourth-order valence-corrected chi connectivity index (χ4v) is 3.05. The molecule has 5 heteroatoms. The molecular weight excluding hydrogens is 306 g/mol. The first-order valence-electron chi connectivity index (χ1n) is 7.82. The van der Waals surface area contributed by atoms with Crippen LogP contribution < -0.4 is 5.32 Å². The number of imidazole rings is 1. The van der Waals surface area contributed by atoms with E-state index >= 15 is 0 Å². The van der Waals surface area contributed by atoms with Gasteiger partial charge < -0.3 is 10.3 Å². The summed E-state index contributed by atoms with van der Waals surface area (Å²) in [4.78, 5) is 20.1. The van der Waals surface area contributed by atoms with E-state index in [4.69, 9.17) is 0 Å². The number of nitrogens with one attached hydrogen (secondary N) is 2. The van der Waals surface area contributed by atoms with Gasteiger partial charge >= 0.3 is 0 Å². The standard InChI is InChI=1S/C18H25N3OS/c1-12-15(11-14-9-7-6-8-10-14)20-17(19-12)23-13(2)16(22)21-18(3,4)5/h6-10,13H,11H2,1-5H3,(H,19,20)(H,21,22). The summed E-state index contributed by atoms with van der Waals surface area (Å²) in [6, 6.07) is 10.3. The first kappa shape index (κ1) is 17.6. The van der Waals surface area contributed by atoms with Crippen LogP contribution in [0.2, 0.25) is 0 Å². The zero-order chi connectivity index (χ0) is 17.0. The van der Waals surface area contributed by atoms with E-state index in [1.165, 1.54) is 17.3 Å². The van der Waals surface area contributed by atoms with Crippen LogP contribution in [0.25, 0.3) is 0 Å². The van der Waals surface area contributed by atoms with E-state index in [0.717, 1.165) is 23.0 Å². The van der Waals surface area contributed by atoms with Crippen LogP contribution in [0.15, 0.2) is 35.5 Å². The first-order chi connectivity index (χ1) is 10.7. The van der Waals surface area contributed by atoms with Crippen molar-refractivity contribution in [3.63, 3.8) is 0 Å². The van der Waals surface area contributed by atoms with Crippen LogP contribution in [0.3, 0.4) is 0 Å². The number of H-pyrrole nitrogens is 1. The molecule has 2 aromatic rings. The van der Waals surface area contributed by atoms with Gasteiger partial charge in [0.2, 0.25) is 5.91 Å². The minimum atomic E-state index is -0.219. The Morgan fingerprint density at radius 3 is 2.57 bits per heavy atom. The molecule has 1 atom stereocenters. The molecule has 1 heterocycles. The van der Waals surface area contributed by atoms with Crippen LogP contribution in [-0.4, -0.2) is 26.7 Å². The van der Waals surface area contributed by atoms with E-state index in [2.05, 4.69) is 27.4 Å². The molecule has 0 spiro atoms. The van der Waals surface area contributed by atoms with Crippen LogP contribution in [0.5, 0.6) is 0 Å². The highest BCUT2D eigenvalue weighted by Crippen LogP contribution is 2.23. The molecule has 4 nitrogen and oxygen atoms in total. The summed E-state index contributed by atoms with van der Waals surface area (Å²) < 4.78 is 0. The van der Waals surface area contributed by atoms with Gasteiger partial charge in [-0.3, -0.25) is 4.79 Å². The van der Waals surface area contributed by atoms with Gasteiger partial charge in [0.25, 0.3) is 0 Å². The van der Waals surface area contributed by atoms with Crippen molar-refractivity contribution in [1.29, 1.82) is 0 Å².